The molecule has 0 aliphatic carbocycles. The van der Waals surface area contributed by atoms with Crippen molar-refractivity contribution in [3.05, 3.63) is 63.1 Å². The van der Waals surface area contributed by atoms with Gasteiger partial charge in [-0.25, -0.2) is 0 Å². The Kier molecular flexibility index (Phi) is 11.3. The zero-order valence-electron chi connectivity index (χ0n) is 19.2. The number of carbonyl (C=O) groups excluding carboxylic acids is 2. The maximum atomic E-state index is 13.2. The largest absolute Gasteiger partial charge is 0.494 e. The third kappa shape index (κ3) is 8.73. The lowest BCUT2D eigenvalue weighted by molar-refractivity contribution is -0.141. The van der Waals surface area contributed by atoms with Crippen LogP contribution in [0.2, 0.25) is 15.1 Å². The van der Waals surface area contributed by atoms with E-state index in [1.54, 1.807) is 41.3 Å². The first-order valence-electron chi connectivity index (χ1n) is 11.2. The molecular weight excluding hydrogens is 483 g/mol. The predicted octanol–water partition coefficient (Wildman–Crippen LogP) is 6.53. The van der Waals surface area contributed by atoms with E-state index in [0.29, 0.717) is 40.3 Å². The van der Waals surface area contributed by atoms with Crippen LogP contribution in [0.15, 0.2) is 42.5 Å². The van der Waals surface area contributed by atoms with Crippen LogP contribution in [0.5, 0.6) is 5.75 Å². The van der Waals surface area contributed by atoms with Crippen molar-refractivity contribution in [1.82, 2.24) is 10.2 Å². The van der Waals surface area contributed by atoms with Gasteiger partial charge in [-0.15, -0.1) is 0 Å². The van der Waals surface area contributed by atoms with Gasteiger partial charge in [0, 0.05) is 24.0 Å². The Bertz CT molecular complexity index is 922. The highest BCUT2D eigenvalue weighted by Crippen LogP contribution is 2.24. The Morgan fingerprint density at radius 2 is 1.70 bits per heavy atom. The van der Waals surface area contributed by atoms with Gasteiger partial charge in [-0.3, -0.25) is 9.59 Å². The third-order valence-electron chi connectivity index (χ3n) is 5.34. The van der Waals surface area contributed by atoms with Crippen molar-refractivity contribution in [2.75, 3.05) is 6.61 Å². The Balaban J connectivity index is 2.09. The van der Waals surface area contributed by atoms with E-state index in [0.717, 1.165) is 12.0 Å². The number of benzene rings is 2. The van der Waals surface area contributed by atoms with Gasteiger partial charge in [0.25, 0.3) is 0 Å². The van der Waals surface area contributed by atoms with Crippen molar-refractivity contribution in [2.45, 2.75) is 65.1 Å². The highest BCUT2D eigenvalue weighted by atomic mass is 35.5. The van der Waals surface area contributed by atoms with Gasteiger partial charge in [0.2, 0.25) is 11.8 Å². The average Bonchev–Trinajstić information content (AvgIpc) is 2.79. The Morgan fingerprint density at radius 1 is 1.00 bits per heavy atom. The lowest BCUT2D eigenvalue weighted by Gasteiger charge is -2.31. The van der Waals surface area contributed by atoms with Gasteiger partial charge in [-0.05, 0) is 68.1 Å². The second-order valence-corrected chi connectivity index (χ2v) is 9.17. The van der Waals surface area contributed by atoms with Crippen LogP contribution in [0.25, 0.3) is 0 Å². The summed E-state index contributed by atoms with van der Waals surface area (Å²) in [6, 6.07) is 11.8. The fourth-order valence-electron chi connectivity index (χ4n) is 3.28. The van der Waals surface area contributed by atoms with Crippen molar-refractivity contribution in [3.8, 4) is 5.75 Å². The third-order valence-corrected chi connectivity index (χ3v) is 6.33. The molecule has 2 aromatic carbocycles. The number of hydrogen-bond acceptors (Lipinski definition) is 3. The first-order valence-corrected chi connectivity index (χ1v) is 12.3. The van der Waals surface area contributed by atoms with Gasteiger partial charge in [0.1, 0.15) is 11.8 Å². The van der Waals surface area contributed by atoms with Crippen molar-refractivity contribution in [1.29, 1.82) is 0 Å². The predicted molar refractivity (Wildman–Crippen MR) is 135 cm³/mol. The maximum absolute atomic E-state index is 13.2. The summed E-state index contributed by atoms with van der Waals surface area (Å²) in [5, 5.41) is 4.49. The van der Waals surface area contributed by atoms with Gasteiger partial charge in [0.15, 0.2) is 0 Å². The summed E-state index contributed by atoms with van der Waals surface area (Å²) in [5.74, 6) is 0.420. The van der Waals surface area contributed by atoms with Crippen LogP contribution in [0.1, 0.15) is 52.0 Å². The molecule has 0 spiro atoms. The number of rotatable bonds is 12. The summed E-state index contributed by atoms with van der Waals surface area (Å²) in [7, 11) is 0. The molecule has 0 unspecified atom stereocenters. The SMILES string of the molecule is CC[C@H](C(=O)N[C@@H](C)CC)N(Cc1ccc(Cl)c(Cl)c1)C(=O)CCCOc1ccc(Cl)cc1. The molecule has 1 N–H and O–H groups in total. The van der Waals surface area contributed by atoms with Crippen LogP contribution in [0.3, 0.4) is 0 Å². The molecule has 0 saturated carbocycles. The molecule has 2 atom stereocenters. The van der Waals surface area contributed by atoms with E-state index in [-0.39, 0.29) is 30.8 Å². The second kappa shape index (κ2) is 13.7. The summed E-state index contributed by atoms with van der Waals surface area (Å²) in [6.07, 6.45) is 2.08. The van der Waals surface area contributed by atoms with E-state index >= 15 is 0 Å². The Hall–Kier alpha value is -1.95. The maximum Gasteiger partial charge on any atom is 0.243 e. The molecule has 2 amide bonds. The molecule has 0 aliphatic heterocycles. The molecule has 33 heavy (non-hydrogen) atoms. The fourth-order valence-corrected chi connectivity index (χ4v) is 3.73. The van der Waals surface area contributed by atoms with E-state index in [9.17, 15) is 9.59 Å². The number of hydrogen-bond donors (Lipinski definition) is 1. The standard InChI is InChI=1S/C25H31Cl3N2O3/c1-4-17(3)29-25(32)23(5-2)30(16-18-8-13-21(27)22(28)15-18)24(31)7-6-14-33-20-11-9-19(26)10-12-20/h8-13,15,17,23H,4-7,14,16H2,1-3H3,(H,29,32)/t17-,23+/m0/s1. The molecule has 0 aliphatic rings. The number of nitrogens with one attached hydrogen (secondary N) is 1. The van der Waals surface area contributed by atoms with Crippen LogP contribution < -0.4 is 10.1 Å². The summed E-state index contributed by atoms with van der Waals surface area (Å²) >= 11 is 18.1. The minimum atomic E-state index is -0.585. The van der Waals surface area contributed by atoms with Crippen molar-refractivity contribution in [2.24, 2.45) is 0 Å². The van der Waals surface area contributed by atoms with E-state index in [1.807, 2.05) is 26.8 Å². The lowest BCUT2D eigenvalue weighted by atomic mass is 10.1. The Morgan fingerprint density at radius 3 is 2.30 bits per heavy atom. The number of nitrogens with zero attached hydrogens (tertiary/aromatic N) is 1. The monoisotopic (exact) mass is 512 g/mol. The normalized spacial score (nSPS) is 12.7. The molecule has 0 fully saturated rings. The van der Waals surface area contributed by atoms with Gasteiger partial charge in [0.05, 0.1) is 16.7 Å². The van der Waals surface area contributed by atoms with Crippen LogP contribution in [-0.2, 0) is 16.1 Å². The molecule has 180 valence electrons. The molecule has 0 aromatic heterocycles. The average molecular weight is 514 g/mol. The fraction of sp³-hybridized carbons (Fsp3) is 0.440. The lowest BCUT2D eigenvalue weighted by Crippen LogP contribution is -2.50. The number of halogens is 3. The highest BCUT2D eigenvalue weighted by Gasteiger charge is 2.29. The number of amides is 2. The molecule has 0 radical (unpaired) electrons. The summed E-state index contributed by atoms with van der Waals surface area (Å²) in [6.45, 7) is 6.50. The van der Waals surface area contributed by atoms with Crippen LogP contribution >= 0.6 is 34.8 Å². The number of ether oxygens (including phenoxy) is 1. The van der Waals surface area contributed by atoms with Gasteiger partial charge in [-0.2, -0.15) is 0 Å². The Labute approximate surface area is 211 Å². The van der Waals surface area contributed by atoms with Crippen molar-refractivity contribution in [3.63, 3.8) is 0 Å². The molecule has 5 nitrogen and oxygen atoms in total. The summed E-state index contributed by atoms with van der Waals surface area (Å²) < 4.78 is 5.70. The van der Waals surface area contributed by atoms with Crippen LogP contribution in [0.4, 0.5) is 0 Å². The van der Waals surface area contributed by atoms with E-state index < -0.39 is 6.04 Å². The van der Waals surface area contributed by atoms with Gasteiger partial charge >= 0.3 is 0 Å². The van der Waals surface area contributed by atoms with Crippen LogP contribution in [-0.4, -0.2) is 35.4 Å². The molecule has 8 heteroatoms. The topological polar surface area (TPSA) is 58.6 Å². The minimum absolute atomic E-state index is 0.0289. The van der Waals surface area contributed by atoms with Crippen molar-refractivity contribution < 1.29 is 14.3 Å². The van der Waals surface area contributed by atoms with E-state index in [1.165, 1.54) is 0 Å². The summed E-state index contributed by atoms with van der Waals surface area (Å²) in [5.41, 5.74) is 0.810. The molecule has 0 saturated heterocycles. The highest BCUT2D eigenvalue weighted by molar-refractivity contribution is 6.42. The quantitative estimate of drug-likeness (QED) is 0.328. The molecule has 2 aromatic rings. The molecular formula is C25H31Cl3N2O3. The molecule has 0 bridgehead atoms. The summed E-state index contributed by atoms with van der Waals surface area (Å²) in [4.78, 5) is 27.8. The smallest absolute Gasteiger partial charge is 0.243 e. The second-order valence-electron chi connectivity index (χ2n) is 7.92. The molecule has 0 heterocycles. The first kappa shape index (κ1) is 27.3. The van der Waals surface area contributed by atoms with Gasteiger partial charge in [-0.1, -0.05) is 54.7 Å². The van der Waals surface area contributed by atoms with E-state index in [4.69, 9.17) is 39.5 Å². The van der Waals surface area contributed by atoms with Gasteiger partial charge < -0.3 is 15.0 Å². The zero-order chi connectivity index (χ0) is 24.4. The van der Waals surface area contributed by atoms with Crippen LogP contribution in [0, 0.1) is 0 Å². The zero-order valence-corrected chi connectivity index (χ0v) is 21.5. The van der Waals surface area contributed by atoms with Crippen molar-refractivity contribution >= 4 is 46.6 Å². The molecule has 2 rings (SSSR count). The van der Waals surface area contributed by atoms with E-state index in [2.05, 4.69) is 5.32 Å². The number of carbonyl (C=O) groups is 2. The minimum Gasteiger partial charge on any atom is -0.494 e. The first-order chi connectivity index (χ1) is 15.7.